The summed E-state index contributed by atoms with van der Waals surface area (Å²) in [6, 6.07) is 5.69. The monoisotopic (exact) mass is 418 g/mol. The third-order valence-corrected chi connectivity index (χ3v) is 4.74. The molecule has 7 nitrogen and oxygen atoms in total. The first-order valence-corrected chi connectivity index (χ1v) is 9.04. The number of hydrogen-bond acceptors (Lipinski definition) is 4. The van der Waals surface area contributed by atoms with Crippen LogP contribution in [-0.2, 0) is 13.1 Å². The number of ether oxygens (including phenoxy) is 1. The first kappa shape index (κ1) is 18.2. The van der Waals surface area contributed by atoms with Crippen LogP contribution in [0.3, 0.4) is 0 Å². The van der Waals surface area contributed by atoms with Crippen molar-refractivity contribution in [2.75, 3.05) is 7.11 Å². The molecule has 3 rings (SSSR count). The molecular formula is C18H19BrN4O3. The number of aromatic nitrogens is 4. The molecule has 3 aromatic rings. The zero-order valence-corrected chi connectivity index (χ0v) is 16.3. The van der Waals surface area contributed by atoms with Gasteiger partial charge in [0, 0.05) is 13.1 Å². The summed E-state index contributed by atoms with van der Waals surface area (Å²) >= 11 is 3.45. The molecule has 26 heavy (non-hydrogen) atoms. The van der Waals surface area contributed by atoms with E-state index in [1.165, 1.54) is 9.13 Å². The minimum Gasteiger partial charge on any atom is -0.496 e. The molecule has 0 saturated heterocycles. The molecule has 0 bridgehead atoms. The standard InChI is InChI=1S/C18H19BrN4O3/c1-4-22-16-15(17(24)23(5-2)18(22)25)20-14(21-16)9-7-11-6-8-13(26-3)12(19)10-11/h6-10H,4-5H2,1-3H3,(H,20,21). The van der Waals surface area contributed by atoms with Gasteiger partial charge in [0.2, 0.25) is 0 Å². The fraction of sp³-hybridized carbons (Fsp3) is 0.278. The highest BCUT2D eigenvalue weighted by molar-refractivity contribution is 9.10. The van der Waals surface area contributed by atoms with Crippen molar-refractivity contribution in [3.63, 3.8) is 0 Å². The number of halogens is 1. The van der Waals surface area contributed by atoms with Crippen molar-refractivity contribution in [2.24, 2.45) is 0 Å². The Bertz CT molecular complexity index is 1110. The third-order valence-electron chi connectivity index (χ3n) is 4.12. The van der Waals surface area contributed by atoms with E-state index in [0.717, 1.165) is 15.8 Å². The number of H-pyrrole nitrogens is 1. The molecule has 2 aromatic heterocycles. The summed E-state index contributed by atoms with van der Waals surface area (Å²) in [4.78, 5) is 32.3. The minimum absolute atomic E-state index is 0.317. The van der Waals surface area contributed by atoms with Gasteiger partial charge >= 0.3 is 5.69 Å². The molecule has 0 aliphatic rings. The second kappa shape index (κ2) is 7.33. The molecule has 1 aromatic carbocycles. The lowest BCUT2D eigenvalue weighted by Gasteiger charge is -2.06. The Morgan fingerprint density at radius 1 is 1.19 bits per heavy atom. The highest BCUT2D eigenvalue weighted by Gasteiger charge is 2.14. The number of benzene rings is 1. The average Bonchev–Trinajstić information content (AvgIpc) is 3.05. The maximum Gasteiger partial charge on any atom is 0.332 e. The molecule has 0 amide bonds. The molecular weight excluding hydrogens is 400 g/mol. The van der Waals surface area contributed by atoms with Crippen LogP contribution in [0.1, 0.15) is 25.2 Å². The number of aromatic amines is 1. The smallest absolute Gasteiger partial charge is 0.332 e. The molecule has 0 unspecified atom stereocenters. The Hall–Kier alpha value is -2.61. The summed E-state index contributed by atoms with van der Waals surface area (Å²) in [6.45, 7) is 4.38. The highest BCUT2D eigenvalue weighted by Crippen LogP contribution is 2.26. The quantitative estimate of drug-likeness (QED) is 0.690. The lowest BCUT2D eigenvalue weighted by atomic mass is 10.2. The molecule has 136 valence electrons. The number of methoxy groups -OCH3 is 1. The van der Waals surface area contributed by atoms with Crippen LogP contribution in [0.4, 0.5) is 0 Å². The predicted octanol–water partition coefficient (Wildman–Crippen LogP) is 2.87. The molecule has 0 spiro atoms. The van der Waals surface area contributed by atoms with Gasteiger partial charge in [-0.3, -0.25) is 13.9 Å². The van der Waals surface area contributed by atoms with Gasteiger partial charge in [0.1, 0.15) is 17.1 Å². The topological polar surface area (TPSA) is 81.9 Å². The van der Waals surface area contributed by atoms with Gasteiger partial charge in [-0.05, 0) is 53.5 Å². The Morgan fingerprint density at radius 2 is 1.92 bits per heavy atom. The van der Waals surface area contributed by atoms with Gasteiger partial charge in [-0.1, -0.05) is 12.1 Å². The van der Waals surface area contributed by atoms with E-state index in [1.54, 1.807) is 20.1 Å². The van der Waals surface area contributed by atoms with Crippen molar-refractivity contribution in [3.05, 3.63) is 54.9 Å². The van der Waals surface area contributed by atoms with E-state index in [4.69, 9.17) is 4.74 Å². The van der Waals surface area contributed by atoms with Gasteiger partial charge in [0.05, 0.1) is 11.6 Å². The normalized spacial score (nSPS) is 11.5. The van der Waals surface area contributed by atoms with Crippen LogP contribution in [0.15, 0.2) is 32.3 Å². The first-order chi connectivity index (χ1) is 12.5. The van der Waals surface area contributed by atoms with Crippen molar-refractivity contribution in [3.8, 4) is 5.75 Å². The van der Waals surface area contributed by atoms with Gasteiger partial charge in [-0.15, -0.1) is 0 Å². The summed E-state index contributed by atoms with van der Waals surface area (Å²) in [5, 5.41) is 0. The number of nitrogens with zero attached hydrogens (tertiary/aromatic N) is 3. The molecule has 0 fully saturated rings. The summed E-state index contributed by atoms with van der Waals surface area (Å²) in [5.41, 5.74) is 0.966. The Balaban J connectivity index is 2.07. The summed E-state index contributed by atoms with van der Waals surface area (Å²) in [7, 11) is 1.61. The van der Waals surface area contributed by atoms with Crippen LogP contribution in [-0.4, -0.2) is 26.2 Å². The van der Waals surface area contributed by atoms with E-state index in [-0.39, 0.29) is 11.2 Å². The summed E-state index contributed by atoms with van der Waals surface area (Å²) < 4.78 is 8.76. The zero-order chi connectivity index (χ0) is 18.8. The van der Waals surface area contributed by atoms with E-state index in [0.29, 0.717) is 30.1 Å². The molecule has 8 heteroatoms. The summed E-state index contributed by atoms with van der Waals surface area (Å²) in [6.07, 6.45) is 3.64. The fourth-order valence-electron chi connectivity index (χ4n) is 2.79. The van der Waals surface area contributed by atoms with Crippen LogP contribution in [0.25, 0.3) is 23.3 Å². The number of rotatable bonds is 5. The van der Waals surface area contributed by atoms with Crippen molar-refractivity contribution in [1.29, 1.82) is 0 Å². The van der Waals surface area contributed by atoms with Crippen molar-refractivity contribution in [2.45, 2.75) is 26.9 Å². The fourth-order valence-corrected chi connectivity index (χ4v) is 3.35. The minimum atomic E-state index is -0.350. The van der Waals surface area contributed by atoms with Crippen molar-refractivity contribution < 1.29 is 4.74 Å². The molecule has 0 aliphatic carbocycles. The number of fused-ring (bicyclic) bond motifs is 1. The van der Waals surface area contributed by atoms with E-state index in [1.807, 2.05) is 31.2 Å². The largest absolute Gasteiger partial charge is 0.496 e. The summed E-state index contributed by atoms with van der Waals surface area (Å²) in [5.74, 6) is 1.26. The second-order valence-electron chi connectivity index (χ2n) is 5.62. The number of imidazole rings is 1. The van der Waals surface area contributed by atoms with Crippen molar-refractivity contribution in [1.82, 2.24) is 19.1 Å². The average molecular weight is 419 g/mol. The van der Waals surface area contributed by atoms with Crippen LogP contribution >= 0.6 is 15.9 Å². The van der Waals surface area contributed by atoms with Crippen LogP contribution in [0.2, 0.25) is 0 Å². The Labute approximate surface area is 158 Å². The van der Waals surface area contributed by atoms with Crippen LogP contribution in [0, 0.1) is 0 Å². The van der Waals surface area contributed by atoms with Crippen molar-refractivity contribution >= 4 is 39.2 Å². The van der Waals surface area contributed by atoms with Gasteiger partial charge in [-0.25, -0.2) is 9.78 Å². The number of nitrogens with one attached hydrogen (secondary N) is 1. The van der Waals surface area contributed by atoms with E-state index >= 15 is 0 Å². The number of hydrogen-bond donors (Lipinski definition) is 1. The van der Waals surface area contributed by atoms with Gasteiger partial charge < -0.3 is 9.72 Å². The van der Waals surface area contributed by atoms with E-state index in [9.17, 15) is 9.59 Å². The van der Waals surface area contributed by atoms with Gasteiger partial charge in [0.25, 0.3) is 5.56 Å². The highest BCUT2D eigenvalue weighted by atomic mass is 79.9. The van der Waals surface area contributed by atoms with Crippen LogP contribution in [0.5, 0.6) is 5.75 Å². The molecule has 0 atom stereocenters. The van der Waals surface area contributed by atoms with Gasteiger partial charge in [-0.2, -0.15) is 0 Å². The third kappa shape index (κ3) is 3.12. The SMILES string of the molecule is CCn1c(=O)c2[nH]c(C=Cc3ccc(OC)c(Br)c3)nc2n(CC)c1=O. The predicted molar refractivity (Wildman–Crippen MR) is 106 cm³/mol. The maximum absolute atomic E-state index is 12.5. The van der Waals surface area contributed by atoms with Crippen LogP contribution < -0.4 is 16.0 Å². The molecule has 0 radical (unpaired) electrons. The van der Waals surface area contributed by atoms with Gasteiger partial charge in [0.15, 0.2) is 5.65 Å². The molecule has 0 aliphatic heterocycles. The zero-order valence-electron chi connectivity index (χ0n) is 14.7. The number of aryl methyl sites for hydroxylation is 1. The second-order valence-corrected chi connectivity index (χ2v) is 6.48. The lowest BCUT2D eigenvalue weighted by Crippen LogP contribution is -2.39. The molecule has 0 saturated carbocycles. The first-order valence-electron chi connectivity index (χ1n) is 8.25. The van der Waals surface area contributed by atoms with E-state index < -0.39 is 0 Å². The molecule has 2 heterocycles. The Morgan fingerprint density at radius 3 is 2.54 bits per heavy atom. The molecule has 1 N–H and O–H groups in total. The Kier molecular flexibility index (Phi) is 5.13. The maximum atomic E-state index is 12.5. The van der Waals surface area contributed by atoms with E-state index in [2.05, 4.69) is 25.9 Å². The lowest BCUT2D eigenvalue weighted by molar-refractivity contribution is 0.412.